The standard InChI is InChI=1S/C20H26BrN5O4S/c1-20(2)11-13(12-26(20)19(27)28)6-7-15(16-10-14(21)8-9-23-16)24-17-4-3-5-18(25-17)31(22,29)30/h3-5,8-10,13,15H,6-7,11-12H2,1-2H3,(H,24,25)(H,27,28)(H2,22,29,30)/t13-,15?/m0/s1. The highest BCUT2D eigenvalue weighted by Gasteiger charge is 2.41. The van der Waals surface area contributed by atoms with Crippen molar-refractivity contribution in [3.05, 3.63) is 46.7 Å². The zero-order chi connectivity index (χ0) is 22.8. The van der Waals surface area contributed by atoms with E-state index in [9.17, 15) is 18.3 Å². The molecule has 0 saturated carbocycles. The second-order valence-electron chi connectivity index (χ2n) is 8.36. The molecule has 0 bridgehead atoms. The largest absolute Gasteiger partial charge is 0.465 e. The van der Waals surface area contributed by atoms with Crippen LogP contribution in [0.2, 0.25) is 0 Å². The SMILES string of the molecule is CC1(C)C[C@H](CCC(Nc2cccc(S(N)(=O)=O)n2)c2cc(Br)ccn2)CN1C(=O)O. The number of hydrogen-bond acceptors (Lipinski definition) is 6. The van der Waals surface area contributed by atoms with Crippen molar-refractivity contribution in [1.29, 1.82) is 0 Å². The molecule has 3 heterocycles. The average Bonchev–Trinajstić information content (AvgIpc) is 2.99. The van der Waals surface area contributed by atoms with Gasteiger partial charge in [-0.25, -0.2) is 23.3 Å². The third-order valence-electron chi connectivity index (χ3n) is 5.49. The van der Waals surface area contributed by atoms with Crippen LogP contribution < -0.4 is 10.5 Å². The molecule has 0 spiro atoms. The van der Waals surface area contributed by atoms with E-state index in [-0.39, 0.29) is 17.0 Å². The van der Waals surface area contributed by atoms with Crippen molar-refractivity contribution in [1.82, 2.24) is 14.9 Å². The van der Waals surface area contributed by atoms with Crippen LogP contribution in [0, 0.1) is 5.92 Å². The Kier molecular flexibility index (Phi) is 6.87. The Morgan fingerprint density at radius 1 is 1.42 bits per heavy atom. The molecular formula is C20H26BrN5O4S. The monoisotopic (exact) mass is 511 g/mol. The van der Waals surface area contributed by atoms with Crippen LogP contribution >= 0.6 is 15.9 Å². The smallest absolute Gasteiger partial charge is 0.407 e. The molecule has 1 amide bonds. The molecule has 3 rings (SSSR count). The maximum Gasteiger partial charge on any atom is 0.407 e. The highest BCUT2D eigenvalue weighted by Crippen LogP contribution is 2.36. The number of sulfonamides is 1. The van der Waals surface area contributed by atoms with Gasteiger partial charge in [0, 0.05) is 22.8 Å². The fourth-order valence-electron chi connectivity index (χ4n) is 4.06. The number of pyridine rings is 2. The van der Waals surface area contributed by atoms with E-state index in [1.165, 1.54) is 11.0 Å². The van der Waals surface area contributed by atoms with Crippen LogP contribution in [0.5, 0.6) is 0 Å². The zero-order valence-corrected chi connectivity index (χ0v) is 19.7. The van der Waals surface area contributed by atoms with Gasteiger partial charge in [0.15, 0.2) is 5.03 Å². The van der Waals surface area contributed by atoms with Gasteiger partial charge in [-0.2, -0.15) is 0 Å². The third kappa shape index (κ3) is 5.92. The summed E-state index contributed by atoms with van der Waals surface area (Å²) in [5.41, 5.74) is 0.364. The van der Waals surface area contributed by atoms with E-state index in [0.29, 0.717) is 18.8 Å². The van der Waals surface area contributed by atoms with Gasteiger partial charge < -0.3 is 15.3 Å². The highest BCUT2D eigenvalue weighted by atomic mass is 79.9. The second kappa shape index (κ2) is 9.09. The minimum absolute atomic E-state index is 0.214. The summed E-state index contributed by atoms with van der Waals surface area (Å²) in [5, 5.41) is 17.7. The van der Waals surface area contributed by atoms with Gasteiger partial charge in [0.1, 0.15) is 5.82 Å². The summed E-state index contributed by atoms with van der Waals surface area (Å²) in [4.78, 5) is 21.6. The molecular weight excluding hydrogens is 486 g/mol. The summed E-state index contributed by atoms with van der Waals surface area (Å²) < 4.78 is 24.2. The number of carboxylic acid groups (broad SMARTS) is 1. The summed E-state index contributed by atoms with van der Waals surface area (Å²) in [6, 6.07) is 8.06. The Bertz CT molecular complexity index is 1060. The first kappa shape index (κ1) is 23.4. The Balaban J connectivity index is 1.79. The minimum Gasteiger partial charge on any atom is -0.465 e. The lowest BCUT2D eigenvalue weighted by atomic mass is 9.91. The van der Waals surface area contributed by atoms with Gasteiger partial charge in [0.05, 0.1) is 11.7 Å². The molecule has 4 N–H and O–H groups in total. The number of aromatic nitrogens is 2. The molecule has 2 aromatic rings. The molecule has 0 aromatic carbocycles. The lowest BCUT2D eigenvalue weighted by molar-refractivity contribution is 0.117. The number of halogens is 1. The molecule has 2 aromatic heterocycles. The molecule has 1 aliphatic rings. The van der Waals surface area contributed by atoms with Crippen molar-refractivity contribution < 1.29 is 18.3 Å². The van der Waals surface area contributed by atoms with Crippen molar-refractivity contribution in [2.45, 2.75) is 49.7 Å². The number of hydrogen-bond donors (Lipinski definition) is 3. The fourth-order valence-corrected chi connectivity index (χ4v) is 4.90. The molecule has 168 valence electrons. The van der Waals surface area contributed by atoms with Crippen molar-refractivity contribution in [3.63, 3.8) is 0 Å². The van der Waals surface area contributed by atoms with Gasteiger partial charge in [0.25, 0.3) is 10.0 Å². The Morgan fingerprint density at radius 2 is 2.16 bits per heavy atom. The minimum atomic E-state index is -3.92. The number of nitrogens with one attached hydrogen (secondary N) is 1. The van der Waals surface area contributed by atoms with Gasteiger partial charge in [-0.3, -0.25) is 4.98 Å². The first-order valence-corrected chi connectivity index (χ1v) is 12.2. The third-order valence-corrected chi connectivity index (χ3v) is 6.80. The van der Waals surface area contributed by atoms with E-state index >= 15 is 0 Å². The molecule has 0 radical (unpaired) electrons. The van der Waals surface area contributed by atoms with E-state index < -0.39 is 21.7 Å². The maximum atomic E-state index is 11.6. The van der Waals surface area contributed by atoms with Crippen molar-refractivity contribution in [3.8, 4) is 0 Å². The molecule has 1 unspecified atom stereocenters. The maximum absolute atomic E-state index is 11.6. The van der Waals surface area contributed by atoms with Gasteiger partial charge in [-0.05, 0) is 63.3 Å². The molecule has 1 saturated heterocycles. The van der Waals surface area contributed by atoms with Crippen LogP contribution in [0.4, 0.5) is 10.6 Å². The number of nitrogens with zero attached hydrogens (tertiary/aromatic N) is 3. The molecule has 11 heteroatoms. The summed E-state index contributed by atoms with van der Waals surface area (Å²) in [6.07, 6.45) is 3.00. The van der Waals surface area contributed by atoms with E-state index in [0.717, 1.165) is 23.0 Å². The Labute approximate surface area is 190 Å². The van der Waals surface area contributed by atoms with Crippen LogP contribution in [0.3, 0.4) is 0 Å². The number of primary sulfonamides is 1. The van der Waals surface area contributed by atoms with Crippen LogP contribution in [-0.2, 0) is 10.0 Å². The average molecular weight is 512 g/mol. The lowest BCUT2D eigenvalue weighted by Gasteiger charge is -2.28. The molecule has 9 nitrogen and oxygen atoms in total. The number of carbonyl (C=O) groups is 1. The lowest BCUT2D eigenvalue weighted by Crippen LogP contribution is -2.41. The van der Waals surface area contributed by atoms with E-state index in [1.54, 1.807) is 18.3 Å². The number of nitrogens with two attached hydrogens (primary N) is 1. The van der Waals surface area contributed by atoms with Gasteiger partial charge in [-0.15, -0.1) is 0 Å². The van der Waals surface area contributed by atoms with Gasteiger partial charge in [-0.1, -0.05) is 22.0 Å². The normalized spacial score (nSPS) is 19.2. The van der Waals surface area contributed by atoms with Crippen LogP contribution in [0.25, 0.3) is 0 Å². The second-order valence-corrected chi connectivity index (χ2v) is 10.8. The fraction of sp³-hybridized carbons (Fsp3) is 0.450. The molecule has 1 aliphatic heterocycles. The van der Waals surface area contributed by atoms with E-state index in [1.807, 2.05) is 26.0 Å². The Hall–Kier alpha value is -2.24. The van der Waals surface area contributed by atoms with Crippen LogP contribution in [0.15, 0.2) is 46.0 Å². The summed E-state index contributed by atoms with van der Waals surface area (Å²) in [6.45, 7) is 4.37. The summed E-state index contributed by atoms with van der Waals surface area (Å²) >= 11 is 3.46. The van der Waals surface area contributed by atoms with Crippen molar-refractivity contribution in [2.75, 3.05) is 11.9 Å². The van der Waals surface area contributed by atoms with Crippen LogP contribution in [0.1, 0.15) is 44.8 Å². The first-order chi connectivity index (χ1) is 14.5. The van der Waals surface area contributed by atoms with Crippen molar-refractivity contribution >= 4 is 37.9 Å². The quantitative estimate of drug-likeness (QED) is 0.515. The molecule has 1 fully saturated rings. The molecule has 2 atom stereocenters. The molecule has 0 aliphatic carbocycles. The zero-order valence-electron chi connectivity index (χ0n) is 17.3. The Morgan fingerprint density at radius 3 is 2.77 bits per heavy atom. The van der Waals surface area contributed by atoms with Gasteiger partial charge >= 0.3 is 6.09 Å². The topological polar surface area (TPSA) is 139 Å². The number of likely N-dealkylation sites (tertiary alicyclic amines) is 1. The van der Waals surface area contributed by atoms with Crippen LogP contribution in [-0.4, -0.2) is 46.6 Å². The number of rotatable bonds is 7. The number of amides is 1. The molecule has 31 heavy (non-hydrogen) atoms. The first-order valence-electron chi connectivity index (χ1n) is 9.84. The predicted octanol–water partition coefficient (Wildman–Crippen LogP) is 3.60. The predicted molar refractivity (Wildman–Crippen MR) is 120 cm³/mol. The van der Waals surface area contributed by atoms with E-state index in [4.69, 9.17) is 5.14 Å². The van der Waals surface area contributed by atoms with Gasteiger partial charge in [0.2, 0.25) is 0 Å². The van der Waals surface area contributed by atoms with E-state index in [2.05, 4.69) is 31.2 Å². The summed E-state index contributed by atoms with van der Waals surface area (Å²) in [7, 11) is -3.92. The highest BCUT2D eigenvalue weighted by molar-refractivity contribution is 9.10. The number of anilines is 1. The summed E-state index contributed by atoms with van der Waals surface area (Å²) in [5.74, 6) is 0.587. The van der Waals surface area contributed by atoms with Crippen molar-refractivity contribution in [2.24, 2.45) is 11.1 Å².